The van der Waals surface area contributed by atoms with Gasteiger partial charge in [-0.25, -0.2) is 4.98 Å². The summed E-state index contributed by atoms with van der Waals surface area (Å²) in [6, 6.07) is 7.87. The average molecular weight is 318 g/mol. The SMILES string of the molecule is Cc1nc(CNC(=O)COc2ccc(C(C)(C)C)cc2)cs1. The van der Waals surface area contributed by atoms with Gasteiger partial charge in [-0.2, -0.15) is 0 Å². The van der Waals surface area contributed by atoms with E-state index >= 15 is 0 Å². The van der Waals surface area contributed by atoms with Crippen LogP contribution in [0.1, 0.15) is 37.0 Å². The average Bonchev–Trinajstić information content (AvgIpc) is 2.88. The highest BCUT2D eigenvalue weighted by atomic mass is 32.1. The van der Waals surface area contributed by atoms with Gasteiger partial charge >= 0.3 is 0 Å². The van der Waals surface area contributed by atoms with E-state index < -0.39 is 0 Å². The second-order valence-electron chi connectivity index (χ2n) is 6.20. The monoisotopic (exact) mass is 318 g/mol. The first-order valence-electron chi connectivity index (χ1n) is 7.25. The highest BCUT2D eigenvalue weighted by molar-refractivity contribution is 7.09. The van der Waals surface area contributed by atoms with Gasteiger partial charge in [0, 0.05) is 5.38 Å². The first-order chi connectivity index (χ1) is 10.3. The Morgan fingerprint density at radius 1 is 1.27 bits per heavy atom. The Morgan fingerprint density at radius 2 is 1.95 bits per heavy atom. The maximum atomic E-state index is 11.8. The highest BCUT2D eigenvalue weighted by Gasteiger charge is 2.13. The Hall–Kier alpha value is -1.88. The van der Waals surface area contributed by atoms with Gasteiger partial charge in [0.2, 0.25) is 0 Å². The molecular weight excluding hydrogens is 296 g/mol. The molecule has 0 aliphatic heterocycles. The molecule has 0 aliphatic carbocycles. The summed E-state index contributed by atoms with van der Waals surface area (Å²) in [7, 11) is 0. The zero-order valence-corrected chi connectivity index (χ0v) is 14.3. The second kappa shape index (κ2) is 6.92. The van der Waals surface area contributed by atoms with Crippen molar-refractivity contribution in [3.05, 3.63) is 45.9 Å². The molecule has 5 heteroatoms. The third-order valence-corrected chi connectivity index (χ3v) is 4.05. The molecule has 0 saturated heterocycles. The molecule has 2 aromatic rings. The van der Waals surface area contributed by atoms with Crippen molar-refractivity contribution in [3.63, 3.8) is 0 Å². The third-order valence-electron chi connectivity index (χ3n) is 3.22. The van der Waals surface area contributed by atoms with Crippen molar-refractivity contribution in [3.8, 4) is 5.75 Å². The van der Waals surface area contributed by atoms with Crippen molar-refractivity contribution >= 4 is 17.2 Å². The van der Waals surface area contributed by atoms with E-state index in [-0.39, 0.29) is 17.9 Å². The molecule has 0 fully saturated rings. The minimum atomic E-state index is -0.148. The number of carbonyl (C=O) groups is 1. The molecule has 2 rings (SSSR count). The van der Waals surface area contributed by atoms with Gasteiger partial charge in [-0.15, -0.1) is 11.3 Å². The van der Waals surface area contributed by atoms with E-state index in [1.54, 1.807) is 11.3 Å². The molecule has 1 heterocycles. The summed E-state index contributed by atoms with van der Waals surface area (Å²) in [6.45, 7) is 8.89. The zero-order chi connectivity index (χ0) is 16.2. The van der Waals surface area contributed by atoms with Crippen molar-refractivity contribution in [1.29, 1.82) is 0 Å². The summed E-state index contributed by atoms with van der Waals surface area (Å²) in [5.41, 5.74) is 2.23. The van der Waals surface area contributed by atoms with Crippen LogP contribution in [0.2, 0.25) is 0 Å². The second-order valence-corrected chi connectivity index (χ2v) is 7.26. The van der Waals surface area contributed by atoms with Crippen LogP contribution in [0.4, 0.5) is 0 Å². The van der Waals surface area contributed by atoms with Crippen molar-refractivity contribution in [2.45, 2.75) is 39.7 Å². The van der Waals surface area contributed by atoms with E-state index in [9.17, 15) is 4.79 Å². The molecule has 4 nitrogen and oxygen atoms in total. The van der Waals surface area contributed by atoms with Gasteiger partial charge in [0.15, 0.2) is 6.61 Å². The van der Waals surface area contributed by atoms with Gasteiger partial charge in [-0.3, -0.25) is 4.79 Å². The van der Waals surface area contributed by atoms with Crippen LogP contribution in [-0.2, 0) is 16.8 Å². The molecule has 1 aromatic heterocycles. The normalized spacial score (nSPS) is 11.3. The minimum Gasteiger partial charge on any atom is -0.484 e. The predicted molar refractivity (Wildman–Crippen MR) is 89.3 cm³/mol. The van der Waals surface area contributed by atoms with E-state index in [1.807, 2.05) is 36.6 Å². The molecule has 0 unspecified atom stereocenters. The van der Waals surface area contributed by atoms with Gasteiger partial charge < -0.3 is 10.1 Å². The maximum absolute atomic E-state index is 11.8. The quantitative estimate of drug-likeness (QED) is 0.918. The predicted octanol–water partition coefficient (Wildman–Crippen LogP) is 3.44. The molecule has 1 N–H and O–H groups in total. The molecule has 22 heavy (non-hydrogen) atoms. The molecule has 0 radical (unpaired) electrons. The summed E-state index contributed by atoms with van der Waals surface area (Å²) >= 11 is 1.58. The van der Waals surface area contributed by atoms with Crippen LogP contribution in [-0.4, -0.2) is 17.5 Å². The Morgan fingerprint density at radius 3 is 2.50 bits per heavy atom. The molecule has 0 bridgehead atoms. The summed E-state index contributed by atoms with van der Waals surface area (Å²) in [6.07, 6.45) is 0. The van der Waals surface area contributed by atoms with E-state index in [0.717, 1.165) is 10.7 Å². The first-order valence-corrected chi connectivity index (χ1v) is 8.13. The number of nitrogens with one attached hydrogen (secondary N) is 1. The third kappa shape index (κ3) is 4.84. The Balaban J connectivity index is 1.78. The van der Waals surface area contributed by atoms with Crippen molar-refractivity contribution in [1.82, 2.24) is 10.3 Å². The number of aryl methyl sites for hydroxylation is 1. The summed E-state index contributed by atoms with van der Waals surface area (Å²) in [5.74, 6) is 0.554. The Bertz CT molecular complexity index is 627. The lowest BCUT2D eigenvalue weighted by atomic mass is 9.87. The van der Waals surface area contributed by atoms with Crippen molar-refractivity contribution < 1.29 is 9.53 Å². The number of carbonyl (C=O) groups excluding carboxylic acids is 1. The van der Waals surface area contributed by atoms with E-state index in [1.165, 1.54) is 5.56 Å². The number of aromatic nitrogens is 1. The van der Waals surface area contributed by atoms with Gasteiger partial charge in [0.25, 0.3) is 5.91 Å². The molecule has 1 amide bonds. The number of thiazole rings is 1. The lowest BCUT2D eigenvalue weighted by molar-refractivity contribution is -0.123. The number of rotatable bonds is 5. The fraction of sp³-hybridized carbons (Fsp3) is 0.412. The Kier molecular flexibility index (Phi) is 5.19. The number of ether oxygens (including phenoxy) is 1. The summed E-state index contributed by atoms with van der Waals surface area (Å²) < 4.78 is 5.50. The van der Waals surface area contributed by atoms with Crippen LogP contribution < -0.4 is 10.1 Å². The number of hydrogen-bond acceptors (Lipinski definition) is 4. The van der Waals surface area contributed by atoms with Crippen LogP contribution >= 0.6 is 11.3 Å². The number of amides is 1. The minimum absolute atomic E-state index is 0.0119. The standard InChI is InChI=1S/C17H22N2O2S/c1-12-19-14(11-22-12)9-18-16(20)10-21-15-7-5-13(6-8-15)17(2,3)4/h5-8,11H,9-10H2,1-4H3,(H,18,20). The Labute approximate surface area is 135 Å². The van der Waals surface area contributed by atoms with Crippen molar-refractivity contribution in [2.24, 2.45) is 0 Å². The molecule has 0 atom stereocenters. The molecule has 0 saturated carbocycles. The lowest BCUT2D eigenvalue weighted by Crippen LogP contribution is -2.28. The largest absolute Gasteiger partial charge is 0.484 e. The topological polar surface area (TPSA) is 51.2 Å². The van der Waals surface area contributed by atoms with Gasteiger partial charge in [-0.05, 0) is 30.0 Å². The smallest absolute Gasteiger partial charge is 0.258 e. The fourth-order valence-electron chi connectivity index (χ4n) is 1.93. The van der Waals surface area contributed by atoms with Gasteiger partial charge in [0.05, 0.1) is 17.2 Å². The van der Waals surface area contributed by atoms with Gasteiger partial charge in [-0.1, -0.05) is 32.9 Å². The molecular formula is C17H22N2O2S. The van der Waals surface area contributed by atoms with Crippen LogP contribution in [0.25, 0.3) is 0 Å². The van der Waals surface area contributed by atoms with Crippen LogP contribution in [0.5, 0.6) is 5.75 Å². The first kappa shape index (κ1) is 16.5. The molecule has 118 valence electrons. The van der Waals surface area contributed by atoms with Crippen molar-refractivity contribution in [2.75, 3.05) is 6.61 Å². The lowest BCUT2D eigenvalue weighted by Gasteiger charge is -2.19. The molecule has 0 spiro atoms. The highest BCUT2D eigenvalue weighted by Crippen LogP contribution is 2.24. The van der Waals surface area contributed by atoms with E-state index in [2.05, 4.69) is 31.1 Å². The number of hydrogen-bond donors (Lipinski definition) is 1. The fourth-order valence-corrected chi connectivity index (χ4v) is 2.54. The van der Waals surface area contributed by atoms with E-state index in [4.69, 9.17) is 4.74 Å². The number of nitrogens with zero attached hydrogens (tertiary/aromatic N) is 1. The van der Waals surface area contributed by atoms with Crippen LogP contribution in [0.3, 0.4) is 0 Å². The summed E-state index contributed by atoms with van der Waals surface area (Å²) in [4.78, 5) is 16.1. The van der Waals surface area contributed by atoms with Crippen LogP contribution in [0.15, 0.2) is 29.6 Å². The summed E-state index contributed by atoms with van der Waals surface area (Å²) in [5, 5.41) is 5.74. The number of benzene rings is 1. The molecule has 1 aromatic carbocycles. The molecule has 0 aliphatic rings. The zero-order valence-electron chi connectivity index (χ0n) is 13.5. The van der Waals surface area contributed by atoms with Gasteiger partial charge in [0.1, 0.15) is 5.75 Å². The van der Waals surface area contributed by atoms with Crippen LogP contribution in [0, 0.1) is 6.92 Å². The maximum Gasteiger partial charge on any atom is 0.258 e. The van der Waals surface area contributed by atoms with E-state index in [0.29, 0.717) is 12.3 Å².